The highest BCUT2D eigenvalue weighted by Crippen LogP contribution is 2.44. The second-order valence-corrected chi connectivity index (χ2v) is 7.44. The van der Waals surface area contributed by atoms with Crippen LogP contribution in [0.3, 0.4) is 0 Å². The minimum Gasteiger partial charge on any atom is -0.334 e. The Kier molecular flexibility index (Phi) is 3.82. The predicted molar refractivity (Wildman–Crippen MR) is 92.1 cm³/mol. The number of Topliss-reactive ketones (excluding diaryl/α,β-unsaturated/α-hetero) is 1. The number of urea groups is 1. The minimum absolute atomic E-state index is 0.00643. The molecule has 2 fully saturated rings. The van der Waals surface area contributed by atoms with E-state index in [0.29, 0.717) is 25.1 Å². The van der Waals surface area contributed by atoms with E-state index >= 15 is 0 Å². The lowest BCUT2D eigenvalue weighted by atomic mass is 9.88. The zero-order valence-electron chi connectivity index (χ0n) is 14.6. The average Bonchev–Trinajstić information content (AvgIpc) is 3.29. The predicted octanol–water partition coefficient (Wildman–Crippen LogP) is 1.50. The molecule has 2 aliphatic heterocycles. The summed E-state index contributed by atoms with van der Waals surface area (Å²) in [5, 5.41) is 5.06. The summed E-state index contributed by atoms with van der Waals surface area (Å²) in [6.45, 7) is 2.52. The van der Waals surface area contributed by atoms with Gasteiger partial charge in [0, 0.05) is 25.1 Å². The molecule has 1 saturated heterocycles. The van der Waals surface area contributed by atoms with Gasteiger partial charge in [-0.2, -0.15) is 0 Å². The van der Waals surface area contributed by atoms with Gasteiger partial charge in [-0.3, -0.25) is 19.7 Å². The molecule has 4 amide bonds. The Hall–Kier alpha value is -2.70. The lowest BCUT2D eigenvalue weighted by Crippen LogP contribution is -2.49. The number of benzene rings is 1. The smallest absolute Gasteiger partial charge is 0.322 e. The molecule has 0 radical (unpaired) electrons. The van der Waals surface area contributed by atoms with Crippen molar-refractivity contribution in [2.24, 2.45) is 5.92 Å². The summed E-state index contributed by atoms with van der Waals surface area (Å²) < 4.78 is 0. The molecule has 2 heterocycles. The quantitative estimate of drug-likeness (QED) is 0.618. The zero-order valence-corrected chi connectivity index (χ0v) is 14.6. The normalized spacial score (nSPS) is 24.3. The first-order chi connectivity index (χ1) is 12.4. The standard InChI is InChI=1S/C19H21N3O4/c1-11(23)12-2-3-13-9-22(10-14(13)8-12)16(24)6-7-19(15-4-5-15)17(25)20-18(26)21-19/h2-3,8,15H,4-7,9-10H2,1H3,(H2,20,21,25,26)/t19-/m0/s1. The van der Waals surface area contributed by atoms with Gasteiger partial charge in [0.05, 0.1) is 0 Å². The lowest BCUT2D eigenvalue weighted by Gasteiger charge is -2.26. The van der Waals surface area contributed by atoms with Crippen LogP contribution < -0.4 is 10.6 Å². The number of imide groups is 1. The molecule has 0 aromatic heterocycles. The Morgan fingerprint density at radius 3 is 2.54 bits per heavy atom. The number of nitrogens with one attached hydrogen (secondary N) is 2. The number of carbonyl (C=O) groups excluding carboxylic acids is 4. The lowest BCUT2D eigenvalue weighted by molar-refractivity contribution is -0.133. The first-order valence-corrected chi connectivity index (χ1v) is 8.93. The largest absolute Gasteiger partial charge is 0.334 e. The summed E-state index contributed by atoms with van der Waals surface area (Å²) in [6, 6.07) is 5.06. The van der Waals surface area contributed by atoms with Crippen LogP contribution in [0.25, 0.3) is 0 Å². The first-order valence-electron chi connectivity index (χ1n) is 8.93. The molecule has 136 valence electrons. The molecule has 7 heteroatoms. The fraction of sp³-hybridized carbons (Fsp3) is 0.474. The number of amides is 4. The van der Waals surface area contributed by atoms with Crippen LogP contribution in [0.1, 0.15) is 54.1 Å². The van der Waals surface area contributed by atoms with E-state index in [1.807, 2.05) is 12.1 Å². The van der Waals surface area contributed by atoms with Gasteiger partial charge in [0.25, 0.3) is 5.91 Å². The summed E-state index contributed by atoms with van der Waals surface area (Å²) in [6.07, 6.45) is 2.31. The second-order valence-electron chi connectivity index (χ2n) is 7.44. The van der Waals surface area contributed by atoms with Gasteiger partial charge in [-0.1, -0.05) is 12.1 Å². The highest BCUT2D eigenvalue weighted by molar-refractivity contribution is 6.07. The monoisotopic (exact) mass is 355 g/mol. The van der Waals surface area contributed by atoms with Crippen LogP contribution in [0.2, 0.25) is 0 Å². The van der Waals surface area contributed by atoms with Gasteiger partial charge >= 0.3 is 6.03 Å². The molecule has 26 heavy (non-hydrogen) atoms. The maximum absolute atomic E-state index is 12.7. The number of hydrogen-bond donors (Lipinski definition) is 2. The summed E-state index contributed by atoms with van der Waals surface area (Å²) in [7, 11) is 0. The van der Waals surface area contributed by atoms with E-state index in [1.165, 1.54) is 6.92 Å². The van der Waals surface area contributed by atoms with Crippen molar-refractivity contribution in [1.82, 2.24) is 15.5 Å². The second kappa shape index (κ2) is 5.93. The van der Waals surface area contributed by atoms with Gasteiger partial charge in [-0.15, -0.1) is 0 Å². The number of ketones is 1. The van der Waals surface area contributed by atoms with E-state index < -0.39 is 11.6 Å². The van der Waals surface area contributed by atoms with Gasteiger partial charge in [0.1, 0.15) is 5.54 Å². The third-order valence-electron chi connectivity index (χ3n) is 5.66. The van der Waals surface area contributed by atoms with Gasteiger partial charge in [0.15, 0.2) is 5.78 Å². The molecule has 7 nitrogen and oxygen atoms in total. The van der Waals surface area contributed by atoms with E-state index in [4.69, 9.17) is 0 Å². The Morgan fingerprint density at radius 1 is 1.19 bits per heavy atom. The third-order valence-corrected chi connectivity index (χ3v) is 5.66. The maximum Gasteiger partial charge on any atom is 0.322 e. The Balaban J connectivity index is 1.42. The highest BCUT2D eigenvalue weighted by Gasteiger charge is 2.55. The van der Waals surface area contributed by atoms with Crippen molar-refractivity contribution in [3.63, 3.8) is 0 Å². The van der Waals surface area contributed by atoms with Crippen LogP contribution >= 0.6 is 0 Å². The number of hydrogen-bond acceptors (Lipinski definition) is 4. The molecule has 3 aliphatic rings. The molecule has 0 bridgehead atoms. The van der Waals surface area contributed by atoms with Crippen molar-refractivity contribution in [3.8, 4) is 0 Å². The fourth-order valence-corrected chi connectivity index (χ4v) is 4.00. The summed E-state index contributed by atoms with van der Waals surface area (Å²) in [4.78, 5) is 49.8. The van der Waals surface area contributed by atoms with Gasteiger partial charge in [-0.05, 0) is 49.3 Å². The van der Waals surface area contributed by atoms with Crippen LogP contribution in [-0.4, -0.2) is 34.1 Å². The van der Waals surface area contributed by atoms with Gasteiger partial charge in [0.2, 0.25) is 5.91 Å². The Labute approximate surface area is 151 Å². The van der Waals surface area contributed by atoms with Crippen LogP contribution in [-0.2, 0) is 22.7 Å². The van der Waals surface area contributed by atoms with Crippen molar-refractivity contribution in [2.75, 3.05) is 0 Å². The Bertz CT molecular complexity index is 830. The van der Waals surface area contributed by atoms with Crippen LogP contribution in [0.4, 0.5) is 4.79 Å². The van der Waals surface area contributed by atoms with Crippen molar-refractivity contribution < 1.29 is 19.2 Å². The van der Waals surface area contributed by atoms with Crippen LogP contribution in [0.5, 0.6) is 0 Å². The number of rotatable bonds is 5. The third kappa shape index (κ3) is 2.77. The van der Waals surface area contributed by atoms with Crippen molar-refractivity contribution in [2.45, 2.75) is 51.2 Å². The van der Waals surface area contributed by atoms with Crippen LogP contribution in [0, 0.1) is 5.92 Å². The van der Waals surface area contributed by atoms with Crippen molar-refractivity contribution in [1.29, 1.82) is 0 Å². The average molecular weight is 355 g/mol. The maximum atomic E-state index is 12.7. The summed E-state index contributed by atoms with van der Waals surface area (Å²) in [5.74, 6) is -0.226. The van der Waals surface area contributed by atoms with Crippen molar-refractivity contribution >= 4 is 23.6 Å². The molecule has 1 aliphatic carbocycles. The molecule has 0 unspecified atom stereocenters. The van der Waals surface area contributed by atoms with Crippen LogP contribution in [0.15, 0.2) is 18.2 Å². The number of fused-ring (bicyclic) bond motifs is 1. The van der Waals surface area contributed by atoms with E-state index in [1.54, 1.807) is 11.0 Å². The van der Waals surface area contributed by atoms with Gasteiger partial charge in [-0.25, -0.2) is 4.79 Å². The van der Waals surface area contributed by atoms with E-state index in [9.17, 15) is 19.2 Å². The summed E-state index contributed by atoms with van der Waals surface area (Å²) >= 11 is 0. The zero-order chi connectivity index (χ0) is 18.5. The SMILES string of the molecule is CC(=O)c1ccc2c(c1)CN(C(=O)CC[C@@]1(C3CC3)NC(=O)NC1=O)C2. The molecule has 1 aromatic carbocycles. The van der Waals surface area contributed by atoms with Crippen molar-refractivity contribution in [3.05, 3.63) is 34.9 Å². The van der Waals surface area contributed by atoms with E-state index in [-0.39, 0.29) is 29.9 Å². The Morgan fingerprint density at radius 2 is 1.92 bits per heavy atom. The molecule has 1 atom stereocenters. The highest BCUT2D eigenvalue weighted by atomic mass is 16.2. The minimum atomic E-state index is -0.929. The molecule has 1 aromatic rings. The number of nitrogens with zero attached hydrogens (tertiary/aromatic N) is 1. The molecular formula is C19H21N3O4. The topological polar surface area (TPSA) is 95.6 Å². The molecule has 4 rings (SSSR count). The molecule has 1 saturated carbocycles. The number of carbonyl (C=O) groups is 4. The van der Waals surface area contributed by atoms with Gasteiger partial charge < -0.3 is 10.2 Å². The van der Waals surface area contributed by atoms with E-state index in [0.717, 1.165) is 24.0 Å². The molecule has 0 spiro atoms. The molecule has 2 N–H and O–H groups in total. The van der Waals surface area contributed by atoms with E-state index in [2.05, 4.69) is 10.6 Å². The fourth-order valence-electron chi connectivity index (χ4n) is 4.00. The summed E-state index contributed by atoms with van der Waals surface area (Å²) in [5.41, 5.74) is 1.76. The molecular weight excluding hydrogens is 334 g/mol. The first kappa shape index (κ1) is 16.8.